The number of nitrogens with one attached hydrogen (secondary N) is 3. The predicted molar refractivity (Wildman–Crippen MR) is 103 cm³/mol. The van der Waals surface area contributed by atoms with E-state index in [1.807, 2.05) is 25.1 Å². The molecule has 0 bridgehead atoms. The summed E-state index contributed by atoms with van der Waals surface area (Å²) in [7, 11) is 1.68. The van der Waals surface area contributed by atoms with Gasteiger partial charge in [0.25, 0.3) is 5.91 Å². The van der Waals surface area contributed by atoms with Crippen LogP contribution in [0.5, 0.6) is 0 Å². The first-order valence-electron chi connectivity index (χ1n) is 8.42. The number of hydrogen-bond donors (Lipinski definition) is 3. The number of methoxy groups -OCH3 is 1. The Morgan fingerprint density at radius 2 is 2.08 bits per heavy atom. The predicted octanol–water partition coefficient (Wildman–Crippen LogP) is 3.99. The van der Waals surface area contributed by atoms with Crippen molar-refractivity contribution >= 4 is 28.5 Å². The van der Waals surface area contributed by atoms with E-state index in [9.17, 15) is 9.18 Å². The molecule has 136 valence electrons. The molecule has 0 saturated heterocycles. The van der Waals surface area contributed by atoms with Crippen molar-refractivity contribution in [1.82, 2.24) is 0 Å². The summed E-state index contributed by atoms with van der Waals surface area (Å²) in [5.74, 6) is -0.621. The summed E-state index contributed by atoms with van der Waals surface area (Å²) in [6, 6.07) is 10.3. The van der Waals surface area contributed by atoms with Crippen LogP contribution in [-0.2, 0) is 9.53 Å². The van der Waals surface area contributed by atoms with Gasteiger partial charge in [-0.1, -0.05) is 0 Å². The van der Waals surface area contributed by atoms with Crippen LogP contribution in [0.15, 0.2) is 42.6 Å². The largest absolute Gasteiger partial charge is 0.383 e. The minimum Gasteiger partial charge on any atom is -0.383 e. The first-order valence-corrected chi connectivity index (χ1v) is 8.42. The smallest absolute Gasteiger partial charge is 0.257 e. The summed E-state index contributed by atoms with van der Waals surface area (Å²) in [6.07, 6.45) is 1.61. The summed E-state index contributed by atoms with van der Waals surface area (Å²) >= 11 is 0. The zero-order chi connectivity index (χ0) is 18.7. The van der Waals surface area contributed by atoms with Gasteiger partial charge >= 0.3 is 0 Å². The van der Waals surface area contributed by atoms with Crippen molar-refractivity contribution in [1.29, 1.82) is 0 Å². The van der Waals surface area contributed by atoms with E-state index in [1.165, 1.54) is 12.1 Å². The Kier molecular flexibility index (Phi) is 5.23. The maximum atomic E-state index is 13.5. The van der Waals surface area contributed by atoms with E-state index in [1.54, 1.807) is 19.4 Å². The van der Waals surface area contributed by atoms with Gasteiger partial charge in [0, 0.05) is 42.0 Å². The lowest BCUT2D eigenvalue weighted by atomic mass is 10.1. The minimum absolute atomic E-state index is 0.202. The van der Waals surface area contributed by atoms with Crippen LogP contribution in [0.4, 0.5) is 21.5 Å². The second-order valence-corrected chi connectivity index (χ2v) is 6.38. The van der Waals surface area contributed by atoms with Gasteiger partial charge in [0.15, 0.2) is 0 Å². The number of aryl methyl sites for hydroxylation is 1. The molecule has 2 aromatic rings. The average Bonchev–Trinajstić information content (AvgIpc) is 2.90. The van der Waals surface area contributed by atoms with Gasteiger partial charge in [-0.3, -0.25) is 4.79 Å². The van der Waals surface area contributed by atoms with Crippen LogP contribution in [0, 0.1) is 12.7 Å². The van der Waals surface area contributed by atoms with E-state index in [0.717, 1.165) is 16.9 Å². The van der Waals surface area contributed by atoms with Crippen LogP contribution in [-0.4, -0.2) is 25.7 Å². The van der Waals surface area contributed by atoms with Crippen molar-refractivity contribution < 1.29 is 13.9 Å². The second-order valence-electron chi connectivity index (χ2n) is 6.38. The molecule has 1 aliphatic rings. The highest BCUT2D eigenvalue weighted by atomic mass is 19.1. The highest BCUT2D eigenvalue weighted by Gasteiger charge is 2.24. The van der Waals surface area contributed by atoms with E-state index in [0.29, 0.717) is 23.4 Å². The van der Waals surface area contributed by atoms with Gasteiger partial charge in [-0.15, -0.1) is 0 Å². The fraction of sp³-hybridized carbons (Fsp3) is 0.250. The molecule has 1 amide bonds. The standard InChI is InChI=1S/C20H22FN3O2/c1-12-8-15(5-7-18(12)23-13(2)11-26-3)22-10-17-16-9-14(21)4-6-19(16)24-20(17)25/h4-10,13,22-23H,11H2,1-3H3,(H,24,25)/b17-10+. The number of carbonyl (C=O) groups is 1. The molecule has 2 aromatic carbocycles. The molecule has 5 nitrogen and oxygen atoms in total. The van der Waals surface area contributed by atoms with E-state index >= 15 is 0 Å². The number of fused-ring (bicyclic) bond motifs is 1. The summed E-state index contributed by atoms with van der Waals surface area (Å²) in [5, 5.41) is 9.24. The van der Waals surface area contributed by atoms with E-state index in [4.69, 9.17) is 4.74 Å². The molecule has 1 atom stereocenters. The zero-order valence-electron chi connectivity index (χ0n) is 15.0. The molecule has 1 aliphatic heterocycles. The summed E-state index contributed by atoms with van der Waals surface area (Å²) < 4.78 is 18.6. The van der Waals surface area contributed by atoms with Gasteiger partial charge in [-0.05, 0) is 55.8 Å². The van der Waals surface area contributed by atoms with Crippen LogP contribution in [0.2, 0.25) is 0 Å². The molecule has 0 spiro atoms. The molecule has 3 rings (SSSR count). The maximum absolute atomic E-state index is 13.5. The number of ether oxygens (including phenoxy) is 1. The fourth-order valence-corrected chi connectivity index (χ4v) is 2.93. The Morgan fingerprint density at radius 1 is 1.27 bits per heavy atom. The highest BCUT2D eigenvalue weighted by Crippen LogP contribution is 2.32. The zero-order valence-corrected chi connectivity index (χ0v) is 15.0. The molecular formula is C20H22FN3O2. The molecule has 3 N–H and O–H groups in total. The molecule has 1 heterocycles. The van der Waals surface area contributed by atoms with Crippen LogP contribution in [0.3, 0.4) is 0 Å². The quantitative estimate of drug-likeness (QED) is 0.686. The normalized spacial score (nSPS) is 15.5. The number of amides is 1. The lowest BCUT2D eigenvalue weighted by molar-refractivity contribution is -0.110. The SMILES string of the molecule is COCC(C)Nc1ccc(N/C=C2/C(=O)Nc3ccc(F)cc32)cc1C. The van der Waals surface area contributed by atoms with Gasteiger partial charge in [0.1, 0.15) is 5.82 Å². The molecule has 0 radical (unpaired) electrons. The van der Waals surface area contributed by atoms with Gasteiger partial charge in [0.2, 0.25) is 0 Å². The molecule has 0 saturated carbocycles. The van der Waals surface area contributed by atoms with Gasteiger partial charge in [-0.25, -0.2) is 4.39 Å². The van der Waals surface area contributed by atoms with Crippen molar-refractivity contribution in [3.05, 3.63) is 59.5 Å². The van der Waals surface area contributed by atoms with Crippen molar-refractivity contribution in [2.45, 2.75) is 19.9 Å². The molecule has 0 fully saturated rings. The maximum Gasteiger partial charge on any atom is 0.257 e. The van der Waals surface area contributed by atoms with Crippen LogP contribution < -0.4 is 16.0 Å². The third kappa shape index (κ3) is 3.86. The molecule has 0 aromatic heterocycles. The Morgan fingerprint density at radius 3 is 2.81 bits per heavy atom. The van der Waals surface area contributed by atoms with Crippen molar-refractivity contribution in [3.63, 3.8) is 0 Å². The second kappa shape index (κ2) is 7.58. The molecule has 6 heteroatoms. The monoisotopic (exact) mass is 355 g/mol. The number of halogens is 1. The van der Waals surface area contributed by atoms with E-state index < -0.39 is 0 Å². The number of rotatable bonds is 6. The molecule has 26 heavy (non-hydrogen) atoms. The Balaban J connectivity index is 1.76. The molecule has 0 aliphatic carbocycles. The minimum atomic E-state index is -0.373. The van der Waals surface area contributed by atoms with Crippen molar-refractivity contribution in [2.24, 2.45) is 0 Å². The van der Waals surface area contributed by atoms with Crippen molar-refractivity contribution in [3.8, 4) is 0 Å². The number of benzene rings is 2. The topological polar surface area (TPSA) is 62.4 Å². The lowest BCUT2D eigenvalue weighted by Gasteiger charge is -2.17. The van der Waals surface area contributed by atoms with Crippen molar-refractivity contribution in [2.75, 3.05) is 29.7 Å². The van der Waals surface area contributed by atoms with Crippen LogP contribution in [0.1, 0.15) is 18.1 Å². The van der Waals surface area contributed by atoms with Gasteiger partial charge in [0.05, 0.1) is 12.2 Å². The first kappa shape index (κ1) is 17.9. The Hall–Kier alpha value is -2.86. The third-order valence-electron chi connectivity index (χ3n) is 4.19. The van der Waals surface area contributed by atoms with Gasteiger partial charge < -0.3 is 20.7 Å². The number of carbonyl (C=O) groups excluding carboxylic acids is 1. The summed E-state index contributed by atoms with van der Waals surface area (Å²) in [4.78, 5) is 12.1. The third-order valence-corrected chi connectivity index (χ3v) is 4.19. The van der Waals surface area contributed by atoms with E-state index in [2.05, 4.69) is 22.9 Å². The molecular weight excluding hydrogens is 333 g/mol. The van der Waals surface area contributed by atoms with Crippen LogP contribution >= 0.6 is 0 Å². The number of anilines is 3. The molecule has 1 unspecified atom stereocenters. The van der Waals surface area contributed by atoms with Crippen LogP contribution in [0.25, 0.3) is 5.57 Å². The number of hydrogen-bond acceptors (Lipinski definition) is 4. The lowest BCUT2D eigenvalue weighted by Crippen LogP contribution is -2.21. The summed E-state index contributed by atoms with van der Waals surface area (Å²) in [6.45, 7) is 4.68. The Labute approximate surface area is 152 Å². The fourth-order valence-electron chi connectivity index (χ4n) is 2.93. The first-order chi connectivity index (χ1) is 12.5. The average molecular weight is 355 g/mol. The summed E-state index contributed by atoms with van der Waals surface area (Å²) in [5.41, 5.74) is 4.53. The van der Waals surface area contributed by atoms with E-state index in [-0.39, 0.29) is 17.8 Å². The Bertz CT molecular complexity index is 864. The van der Waals surface area contributed by atoms with Gasteiger partial charge in [-0.2, -0.15) is 0 Å². The highest BCUT2D eigenvalue weighted by molar-refractivity contribution is 6.31.